The molecule has 2 N–H and O–H groups in total. The number of halogens is 1. The molecular weight excluding hydrogens is 194 g/mol. The van der Waals surface area contributed by atoms with Crippen LogP contribution in [0.1, 0.15) is 6.92 Å². The van der Waals surface area contributed by atoms with E-state index in [1.165, 1.54) is 0 Å². The topological polar surface area (TPSA) is 43.1 Å². The molecule has 4 heteroatoms. The first-order valence-electron chi connectivity index (χ1n) is 3.58. The average molecular weight is 204 g/mol. The van der Waals surface area contributed by atoms with E-state index >= 15 is 0 Å². The molecule has 0 spiro atoms. The van der Waals surface area contributed by atoms with Crippen LogP contribution in [0.2, 0.25) is 5.02 Å². The lowest BCUT2D eigenvalue weighted by atomic mass is 10.3. The summed E-state index contributed by atoms with van der Waals surface area (Å²) < 4.78 is 11.4. The third kappa shape index (κ3) is 1.99. The molecule has 1 rings (SSSR count). The van der Waals surface area contributed by atoms with Gasteiger partial charge < -0.3 is 5.73 Å². The van der Waals surface area contributed by atoms with Gasteiger partial charge in [-0.05, 0) is 18.2 Å². The van der Waals surface area contributed by atoms with Crippen molar-refractivity contribution in [3.8, 4) is 0 Å². The zero-order chi connectivity index (χ0) is 9.14. The van der Waals surface area contributed by atoms with Crippen LogP contribution in [-0.4, -0.2) is 9.96 Å². The first kappa shape index (κ1) is 9.55. The second kappa shape index (κ2) is 3.92. The Balaban J connectivity index is 3.13. The summed E-state index contributed by atoms with van der Waals surface area (Å²) in [6.07, 6.45) is 0. The van der Waals surface area contributed by atoms with Gasteiger partial charge in [-0.1, -0.05) is 18.5 Å². The van der Waals surface area contributed by atoms with Crippen molar-refractivity contribution in [1.29, 1.82) is 0 Å². The summed E-state index contributed by atoms with van der Waals surface area (Å²) in [5.74, 6) is 0.559. The molecule has 1 atom stereocenters. The molecule has 0 heterocycles. The van der Waals surface area contributed by atoms with Gasteiger partial charge in [0.05, 0.1) is 20.7 Å². The summed E-state index contributed by atoms with van der Waals surface area (Å²) >= 11 is 5.82. The zero-order valence-electron chi connectivity index (χ0n) is 6.71. The molecule has 1 aromatic rings. The zero-order valence-corrected chi connectivity index (χ0v) is 8.28. The molecule has 0 fully saturated rings. The number of nitrogen functional groups attached to an aromatic ring is 1. The van der Waals surface area contributed by atoms with E-state index in [0.29, 0.717) is 21.4 Å². The lowest BCUT2D eigenvalue weighted by molar-refractivity contribution is 0.684. The molecule has 0 radical (unpaired) electrons. The standard InChI is InChI=1S/C8H10ClNOS/c1-2-12(11)8-5-6(10)3-4-7(8)9/h3-5H,2,10H2,1H3. The molecule has 66 valence electrons. The Bertz CT molecular complexity index is 314. The van der Waals surface area contributed by atoms with Crippen LogP contribution in [0.15, 0.2) is 23.1 Å². The fourth-order valence-electron chi connectivity index (χ4n) is 0.850. The maximum absolute atomic E-state index is 11.4. The predicted molar refractivity (Wildman–Crippen MR) is 52.8 cm³/mol. The molecule has 0 amide bonds. The number of hydrogen-bond acceptors (Lipinski definition) is 2. The molecule has 0 saturated heterocycles. The van der Waals surface area contributed by atoms with E-state index in [2.05, 4.69) is 0 Å². The van der Waals surface area contributed by atoms with Crippen molar-refractivity contribution in [3.63, 3.8) is 0 Å². The molecule has 1 aromatic carbocycles. The van der Waals surface area contributed by atoms with Gasteiger partial charge >= 0.3 is 0 Å². The van der Waals surface area contributed by atoms with Gasteiger partial charge in [0.15, 0.2) is 0 Å². The molecule has 0 aromatic heterocycles. The van der Waals surface area contributed by atoms with Crippen molar-refractivity contribution in [2.75, 3.05) is 11.5 Å². The molecule has 0 bridgehead atoms. The van der Waals surface area contributed by atoms with Crippen LogP contribution in [0.25, 0.3) is 0 Å². The number of nitrogens with two attached hydrogens (primary N) is 1. The van der Waals surface area contributed by atoms with E-state index in [-0.39, 0.29) is 0 Å². The Morgan fingerprint density at radius 3 is 2.83 bits per heavy atom. The third-order valence-corrected chi connectivity index (χ3v) is 3.26. The van der Waals surface area contributed by atoms with Gasteiger partial charge in [0.2, 0.25) is 0 Å². The largest absolute Gasteiger partial charge is 0.399 e. The first-order valence-corrected chi connectivity index (χ1v) is 5.28. The monoisotopic (exact) mass is 203 g/mol. The normalized spacial score (nSPS) is 12.8. The Morgan fingerprint density at radius 1 is 1.58 bits per heavy atom. The Hall–Kier alpha value is -0.540. The summed E-state index contributed by atoms with van der Waals surface area (Å²) in [5.41, 5.74) is 6.12. The van der Waals surface area contributed by atoms with E-state index in [1.807, 2.05) is 6.92 Å². The Kier molecular flexibility index (Phi) is 3.12. The predicted octanol–water partition coefficient (Wildman–Crippen LogP) is 2.05. The second-order valence-corrected chi connectivity index (χ2v) is 4.44. The van der Waals surface area contributed by atoms with E-state index in [1.54, 1.807) is 18.2 Å². The van der Waals surface area contributed by atoms with Crippen LogP contribution in [0.5, 0.6) is 0 Å². The summed E-state index contributed by atoms with van der Waals surface area (Å²) in [6, 6.07) is 5.01. The van der Waals surface area contributed by atoms with Crippen molar-refractivity contribution in [3.05, 3.63) is 23.2 Å². The summed E-state index contributed by atoms with van der Waals surface area (Å²) in [7, 11) is -1.02. The summed E-state index contributed by atoms with van der Waals surface area (Å²) in [4.78, 5) is 0.624. The quantitative estimate of drug-likeness (QED) is 0.748. The van der Waals surface area contributed by atoms with E-state index in [9.17, 15) is 4.21 Å². The number of anilines is 1. The van der Waals surface area contributed by atoms with Crippen molar-refractivity contribution < 1.29 is 4.21 Å². The van der Waals surface area contributed by atoms with Crippen molar-refractivity contribution >= 4 is 28.1 Å². The molecule has 12 heavy (non-hydrogen) atoms. The molecule has 1 unspecified atom stereocenters. The highest BCUT2D eigenvalue weighted by molar-refractivity contribution is 7.85. The molecular formula is C8H10ClNOS. The van der Waals surface area contributed by atoms with Crippen LogP contribution in [0.4, 0.5) is 5.69 Å². The van der Waals surface area contributed by atoms with Crippen molar-refractivity contribution in [2.45, 2.75) is 11.8 Å². The smallest absolute Gasteiger partial charge is 0.0594 e. The first-order chi connectivity index (χ1) is 5.65. The van der Waals surface area contributed by atoms with Gasteiger partial charge in [0.25, 0.3) is 0 Å². The third-order valence-electron chi connectivity index (χ3n) is 1.46. The number of hydrogen-bond donors (Lipinski definition) is 1. The summed E-state index contributed by atoms with van der Waals surface area (Å²) in [5, 5.41) is 0.518. The van der Waals surface area contributed by atoms with Gasteiger partial charge in [-0.2, -0.15) is 0 Å². The molecule has 0 saturated carbocycles. The summed E-state index contributed by atoms with van der Waals surface area (Å²) in [6.45, 7) is 1.84. The number of benzene rings is 1. The fourth-order valence-corrected chi connectivity index (χ4v) is 2.09. The van der Waals surface area contributed by atoms with Gasteiger partial charge in [0, 0.05) is 11.4 Å². The molecule has 0 aliphatic rings. The van der Waals surface area contributed by atoms with Gasteiger partial charge in [0.1, 0.15) is 0 Å². The maximum atomic E-state index is 11.4. The molecule has 2 nitrogen and oxygen atoms in total. The van der Waals surface area contributed by atoms with Crippen molar-refractivity contribution in [2.24, 2.45) is 0 Å². The highest BCUT2D eigenvalue weighted by atomic mass is 35.5. The molecule has 0 aliphatic heterocycles. The van der Waals surface area contributed by atoms with Gasteiger partial charge in [-0.3, -0.25) is 4.21 Å². The number of rotatable bonds is 2. The average Bonchev–Trinajstić information content (AvgIpc) is 2.08. The lowest BCUT2D eigenvalue weighted by Gasteiger charge is -2.02. The van der Waals surface area contributed by atoms with Crippen molar-refractivity contribution in [1.82, 2.24) is 0 Å². The Morgan fingerprint density at radius 2 is 2.25 bits per heavy atom. The van der Waals surface area contributed by atoms with E-state index in [4.69, 9.17) is 17.3 Å². The highest BCUT2D eigenvalue weighted by Gasteiger charge is 2.06. The van der Waals surface area contributed by atoms with E-state index in [0.717, 1.165) is 0 Å². The van der Waals surface area contributed by atoms with Crippen LogP contribution in [-0.2, 0) is 10.8 Å². The SMILES string of the molecule is CCS(=O)c1cc(N)ccc1Cl. The van der Waals surface area contributed by atoms with Crippen LogP contribution >= 0.6 is 11.6 Å². The van der Waals surface area contributed by atoms with Crippen LogP contribution in [0.3, 0.4) is 0 Å². The fraction of sp³-hybridized carbons (Fsp3) is 0.250. The van der Waals surface area contributed by atoms with Gasteiger partial charge in [-0.25, -0.2) is 0 Å². The van der Waals surface area contributed by atoms with Crippen LogP contribution in [0, 0.1) is 0 Å². The minimum atomic E-state index is -1.02. The molecule has 0 aliphatic carbocycles. The lowest BCUT2D eigenvalue weighted by Crippen LogP contribution is -1.96. The van der Waals surface area contributed by atoms with Crippen LogP contribution < -0.4 is 5.73 Å². The maximum Gasteiger partial charge on any atom is 0.0594 e. The highest BCUT2D eigenvalue weighted by Crippen LogP contribution is 2.22. The minimum Gasteiger partial charge on any atom is -0.399 e. The minimum absolute atomic E-state index is 0.518. The Labute approximate surface area is 79.2 Å². The van der Waals surface area contributed by atoms with E-state index < -0.39 is 10.8 Å². The second-order valence-electron chi connectivity index (χ2n) is 2.32. The van der Waals surface area contributed by atoms with Gasteiger partial charge in [-0.15, -0.1) is 0 Å².